The zero-order valence-corrected chi connectivity index (χ0v) is 9.28. The van der Waals surface area contributed by atoms with Crippen LogP contribution in [0.25, 0.3) is 0 Å². The number of rotatable bonds is 2. The first-order valence-corrected chi connectivity index (χ1v) is 5.18. The number of benzene rings is 1. The normalized spacial score (nSPS) is 11.5. The maximum atomic E-state index is 12.4. The van der Waals surface area contributed by atoms with E-state index in [1.807, 2.05) is 0 Å². The quantitative estimate of drug-likeness (QED) is 0.895. The highest BCUT2D eigenvalue weighted by molar-refractivity contribution is 5.36. The molecule has 0 fully saturated rings. The van der Waals surface area contributed by atoms with Crippen LogP contribution >= 0.6 is 0 Å². The number of hydrogen-bond donors (Lipinski definition) is 1. The van der Waals surface area contributed by atoms with Gasteiger partial charge in [-0.15, -0.1) is 0 Å². The summed E-state index contributed by atoms with van der Waals surface area (Å²) in [4.78, 5) is 0. The summed E-state index contributed by atoms with van der Waals surface area (Å²) in [6.45, 7) is 0. The Morgan fingerprint density at radius 3 is 2.33 bits per heavy atom. The van der Waals surface area contributed by atoms with Crippen LogP contribution in [0.5, 0.6) is 0 Å². The molecule has 1 aromatic carbocycles. The van der Waals surface area contributed by atoms with Gasteiger partial charge in [-0.3, -0.25) is 0 Å². The van der Waals surface area contributed by atoms with Gasteiger partial charge in [0, 0.05) is 6.42 Å². The number of nitrogens with zero attached hydrogens (tertiary/aromatic N) is 2. The third kappa shape index (κ3) is 2.97. The highest BCUT2D eigenvalue weighted by atomic mass is 19.4. The van der Waals surface area contributed by atoms with Crippen molar-refractivity contribution >= 4 is 5.69 Å². The Kier molecular flexibility index (Phi) is 3.18. The van der Waals surface area contributed by atoms with Crippen LogP contribution in [0.2, 0.25) is 0 Å². The topological polar surface area (TPSA) is 51.8 Å². The number of hydrogen-bond acceptors (Lipinski definition) is 3. The molecule has 0 aliphatic carbocycles. The number of aromatic nitrogens is 2. The SMILES string of the molecule is Nc1cnnc(Cc2ccc(C(F)(F)F)cc2)c1. The Hall–Kier alpha value is -2.11. The summed E-state index contributed by atoms with van der Waals surface area (Å²) in [5.41, 5.74) is 6.70. The summed E-state index contributed by atoms with van der Waals surface area (Å²) >= 11 is 0. The summed E-state index contributed by atoms with van der Waals surface area (Å²) in [5, 5.41) is 7.54. The fraction of sp³-hybridized carbons (Fsp3) is 0.167. The lowest BCUT2D eigenvalue weighted by molar-refractivity contribution is -0.137. The highest BCUT2D eigenvalue weighted by Gasteiger charge is 2.29. The molecule has 0 bridgehead atoms. The second-order valence-corrected chi connectivity index (χ2v) is 3.85. The minimum absolute atomic E-state index is 0.399. The second-order valence-electron chi connectivity index (χ2n) is 3.85. The van der Waals surface area contributed by atoms with Gasteiger partial charge in [-0.1, -0.05) is 12.1 Å². The van der Waals surface area contributed by atoms with E-state index in [4.69, 9.17) is 5.73 Å². The molecule has 2 aromatic rings. The first kappa shape index (κ1) is 12.3. The van der Waals surface area contributed by atoms with Gasteiger partial charge >= 0.3 is 6.18 Å². The predicted octanol–water partition coefficient (Wildman–Crippen LogP) is 2.67. The van der Waals surface area contributed by atoms with Crippen LogP contribution in [-0.4, -0.2) is 10.2 Å². The number of anilines is 1. The van der Waals surface area contributed by atoms with E-state index in [0.717, 1.165) is 17.7 Å². The predicted molar refractivity (Wildman–Crippen MR) is 60.7 cm³/mol. The molecular weight excluding hydrogens is 243 g/mol. The molecule has 0 atom stereocenters. The molecule has 18 heavy (non-hydrogen) atoms. The van der Waals surface area contributed by atoms with Gasteiger partial charge in [-0.05, 0) is 23.8 Å². The molecule has 94 valence electrons. The van der Waals surface area contributed by atoms with Gasteiger partial charge in [0.25, 0.3) is 0 Å². The first-order valence-electron chi connectivity index (χ1n) is 5.18. The lowest BCUT2D eigenvalue weighted by Gasteiger charge is -2.07. The molecule has 1 aromatic heterocycles. The highest BCUT2D eigenvalue weighted by Crippen LogP contribution is 2.29. The van der Waals surface area contributed by atoms with Crippen molar-refractivity contribution in [3.8, 4) is 0 Å². The van der Waals surface area contributed by atoms with Gasteiger partial charge in [0.15, 0.2) is 0 Å². The van der Waals surface area contributed by atoms with E-state index in [-0.39, 0.29) is 0 Å². The molecule has 6 heteroatoms. The van der Waals surface area contributed by atoms with E-state index < -0.39 is 11.7 Å². The van der Waals surface area contributed by atoms with Gasteiger partial charge < -0.3 is 5.73 Å². The van der Waals surface area contributed by atoms with E-state index in [2.05, 4.69) is 10.2 Å². The smallest absolute Gasteiger partial charge is 0.397 e. The molecule has 0 aliphatic rings. The van der Waals surface area contributed by atoms with Crippen LogP contribution in [0.3, 0.4) is 0 Å². The maximum Gasteiger partial charge on any atom is 0.416 e. The van der Waals surface area contributed by atoms with Crippen molar-refractivity contribution in [2.45, 2.75) is 12.6 Å². The summed E-state index contributed by atoms with van der Waals surface area (Å²) in [5.74, 6) is 0. The van der Waals surface area contributed by atoms with Crippen molar-refractivity contribution < 1.29 is 13.2 Å². The monoisotopic (exact) mass is 253 g/mol. The van der Waals surface area contributed by atoms with Crippen molar-refractivity contribution in [3.63, 3.8) is 0 Å². The molecule has 2 N–H and O–H groups in total. The van der Waals surface area contributed by atoms with Crippen LogP contribution in [0, 0.1) is 0 Å². The van der Waals surface area contributed by atoms with E-state index in [1.165, 1.54) is 18.3 Å². The fourth-order valence-electron chi connectivity index (χ4n) is 1.54. The lowest BCUT2D eigenvalue weighted by atomic mass is 10.1. The Morgan fingerprint density at radius 2 is 1.78 bits per heavy atom. The lowest BCUT2D eigenvalue weighted by Crippen LogP contribution is -2.04. The molecule has 0 saturated carbocycles. The molecule has 2 rings (SSSR count). The van der Waals surface area contributed by atoms with Crippen LogP contribution < -0.4 is 5.73 Å². The van der Waals surface area contributed by atoms with Gasteiger partial charge in [0.1, 0.15) is 0 Å². The van der Waals surface area contributed by atoms with Crippen molar-refractivity contribution in [1.82, 2.24) is 10.2 Å². The second kappa shape index (κ2) is 4.64. The molecule has 0 radical (unpaired) electrons. The Labute approximate surface area is 101 Å². The zero-order chi connectivity index (χ0) is 13.2. The summed E-state index contributed by atoms with van der Waals surface area (Å²) in [7, 11) is 0. The molecule has 0 amide bonds. The van der Waals surface area contributed by atoms with Crippen molar-refractivity contribution in [1.29, 1.82) is 0 Å². The molecule has 3 nitrogen and oxygen atoms in total. The molecular formula is C12H10F3N3. The molecule has 0 unspecified atom stereocenters. The average Bonchev–Trinajstić information content (AvgIpc) is 2.28. The minimum Gasteiger partial charge on any atom is -0.397 e. The third-order valence-corrected chi connectivity index (χ3v) is 2.39. The average molecular weight is 253 g/mol. The van der Waals surface area contributed by atoms with Crippen LogP contribution in [0.15, 0.2) is 36.5 Å². The van der Waals surface area contributed by atoms with Crippen LogP contribution in [0.4, 0.5) is 18.9 Å². The maximum absolute atomic E-state index is 12.4. The largest absolute Gasteiger partial charge is 0.416 e. The van der Waals surface area contributed by atoms with Crippen molar-refractivity contribution in [3.05, 3.63) is 53.3 Å². The van der Waals surface area contributed by atoms with E-state index in [1.54, 1.807) is 6.07 Å². The third-order valence-electron chi connectivity index (χ3n) is 2.39. The number of nitrogen functional groups attached to an aromatic ring is 1. The minimum atomic E-state index is -4.31. The molecule has 0 saturated heterocycles. The molecule has 0 spiro atoms. The summed E-state index contributed by atoms with van der Waals surface area (Å²) < 4.78 is 37.1. The standard InChI is InChI=1S/C12H10F3N3/c13-12(14,15)9-3-1-8(2-4-9)5-11-6-10(16)7-17-18-11/h1-4,6-7H,5H2,(H2,16,18). The number of nitrogens with two attached hydrogens (primary N) is 1. The Balaban J connectivity index is 2.16. The van der Waals surface area contributed by atoms with Gasteiger partial charge in [-0.2, -0.15) is 23.4 Å². The van der Waals surface area contributed by atoms with Crippen LogP contribution in [-0.2, 0) is 12.6 Å². The van der Waals surface area contributed by atoms with Gasteiger partial charge in [0.05, 0.1) is 23.1 Å². The number of alkyl halides is 3. The fourth-order valence-corrected chi connectivity index (χ4v) is 1.54. The van der Waals surface area contributed by atoms with E-state index in [0.29, 0.717) is 17.8 Å². The Morgan fingerprint density at radius 1 is 1.11 bits per heavy atom. The van der Waals surface area contributed by atoms with E-state index >= 15 is 0 Å². The number of halogens is 3. The van der Waals surface area contributed by atoms with Crippen molar-refractivity contribution in [2.75, 3.05) is 5.73 Å². The van der Waals surface area contributed by atoms with Gasteiger partial charge in [0.2, 0.25) is 0 Å². The Bertz CT molecular complexity index is 535. The zero-order valence-electron chi connectivity index (χ0n) is 9.28. The summed E-state index contributed by atoms with van der Waals surface area (Å²) in [6.07, 6.45) is -2.50. The molecule has 1 heterocycles. The summed E-state index contributed by atoms with van der Waals surface area (Å²) in [6, 6.07) is 6.59. The first-order chi connectivity index (χ1) is 8.45. The van der Waals surface area contributed by atoms with Gasteiger partial charge in [-0.25, -0.2) is 0 Å². The van der Waals surface area contributed by atoms with Crippen LogP contribution in [0.1, 0.15) is 16.8 Å². The van der Waals surface area contributed by atoms with E-state index in [9.17, 15) is 13.2 Å². The molecule has 0 aliphatic heterocycles. The van der Waals surface area contributed by atoms with Crippen molar-refractivity contribution in [2.24, 2.45) is 0 Å².